The Hall–Kier alpha value is -1.68. The minimum absolute atomic E-state index is 0.106. The minimum Gasteiger partial charge on any atom is -0.392 e. The first-order chi connectivity index (χ1) is 8.65. The predicted molar refractivity (Wildman–Crippen MR) is 68.0 cm³/mol. The summed E-state index contributed by atoms with van der Waals surface area (Å²) in [6, 6.07) is 8.85. The molecule has 0 aliphatic carbocycles. The topological polar surface area (TPSA) is 57.6 Å². The van der Waals surface area contributed by atoms with Crippen LogP contribution in [0.25, 0.3) is 0 Å². The number of amides is 2. The zero-order chi connectivity index (χ0) is 13.1. The van der Waals surface area contributed by atoms with Crippen molar-refractivity contribution in [2.24, 2.45) is 5.92 Å². The van der Waals surface area contributed by atoms with Crippen LogP contribution < -0.4 is 4.90 Å². The van der Waals surface area contributed by atoms with Crippen LogP contribution in [0, 0.1) is 5.92 Å². The lowest BCUT2D eigenvalue weighted by Gasteiger charge is -2.17. The first-order valence-corrected chi connectivity index (χ1v) is 6.25. The summed E-state index contributed by atoms with van der Waals surface area (Å²) in [6.07, 6.45) is 0.728. The van der Waals surface area contributed by atoms with Gasteiger partial charge in [0.15, 0.2) is 0 Å². The van der Waals surface area contributed by atoms with Gasteiger partial charge in [0.05, 0.1) is 17.7 Å². The molecule has 1 aromatic rings. The quantitative estimate of drug-likeness (QED) is 0.824. The normalized spacial score (nSPS) is 21.4. The average molecular weight is 247 g/mol. The number of imide groups is 1. The lowest BCUT2D eigenvalue weighted by molar-refractivity contribution is -0.124. The Labute approximate surface area is 106 Å². The second-order valence-corrected chi connectivity index (χ2v) is 4.57. The third kappa shape index (κ3) is 2.29. The average Bonchev–Trinajstić information content (AvgIpc) is 2.66. The van der Waals surface area contributed by atoms with E-state index in [1.807, 2.05) is 13.0 Å². The third-order valence-corrected chi connectivity index (χ3v) is 3.24. The van der Waals surface area contributed by atoms with E-state index in [-0.39, 0.29) is 18.2 Å². The number of benzene rings is 1. The summed E-state index contributed by atoms with van der Waals surface area (Å²) in [5.74, 6) is -1.10. The molecule has 0 aromatic heterocycles. The van der Waals surface area contributed by atoms with Gasteiger partial charge in [-0.25, -0.2) is 0 Å². The second kappa shape index (κ2) is 5.31. The molecule has 2 atom stereocenters. The highest BCUT2D eigenvalue weighted by molar-refractivity contribution is 6.21. The molecule has 0 spiro atoms. The Balaban J connectivity index is 2.20. The van der Waals surface area contributed by atoms with Gasteiger partial charge >= 0.3 is 0 Å². The van der Waals surface area contributed by atoms with Crippen molar-refractivity contribution in [3.63, 3.8) is 0 Å². The van der Waals surface area contributed by atoms with Crippen LogP contribution in [0.5, 0.6) is 0 Å². The molecule has 96 valence electrons. The van der Waals surface area contributed by atoms with Crippen LogP contribution in [0.1, 0.15) is 26.2 Å². The van der Waals surface area contributed by atoms with Crippen LogP contribution in [0.4, 0.5) is 5.69 Å². The molecule has 1 heterocycles. The molecule has 4 nitrogen and oxygen atoms in total. The second-order valence-electron chi connectivity index (χ2n) is 4.57. The molecule has 0 unspecified atom stereocenters. The number of aliphatic hydroxyl groups excluding tert-OH is 1. The minimum atomic E-state index is -0.722. The number of nitrogens with zero attached hydrogens (tertiary/aromatic N) is 1. The zero-order valence-corrected chi connectivity index (χ0v) is 10.4. The molecule has 1 aliphatic heterocycles. The highest BCUT2D eigenvalue weighted by Gasteiger charge is 2.42. The zero-order valence-electron chi connectivity index (χ0n) is 10.4. The molecular formula is C14H17NO3. The molecule has 2 rings (SSSR count). The monoisotopic (exact) mass is 247 g/mol. The summed E-state index contributed by atoms with van der Waals surface area (Å²) in [5, 5.41) is 9.90. The standard InChI is InChI=1S/C14H17NO3/c1-2-6-12(16)11-9-13(17)15(14(11)18)10-7-4-3-5-8-10/h3-5,7-8,11-12,16H,2,6,9H2,1H3/t11-,12-/m0/s1. The summed E-state index contributed by atoms with van der Waals surface area (Å²) >= 11 is 0. The lowest BCUT2D eigenvalue weighted by Crippen LogP contribution is -2.33. The summed E-state index contributed by atoms with van der Waals surface area (Å²) in [5.41, 5.74) is 0.582. The highest BCUT2D eigenvalue weighted by atomic mass is 16.3. The summed E-state index contributed by atoms with van der Waals surface area (Å²) in [6.45, 7) is 1.94. The molecule has 1 aromatic carbocycles. The van der Waals surface area contributed by atoms with Crippen molar-refractivity contribution in [2.45, 2.75) is 32.3 Å². The number of para-hydroxylation sites is 1. The molecule has 1 N–H and O–H groups in total. The molecule has 2 amide bonds. The molecule has 1 fully saturated rings. The van der Waals surface area contributed by atoms with E-state index in [4.69, 9.17) is 0 Å². The van der Waals surface area contributed by atoms with Gasteiger partial charge in [0, 0.05) is 6.42 Å². The first-order valence-electron chi connectivity index (χ1n) is 6.25. The maximum absolute atomic E-state index is 12.2. The van der Waals surface area contributed by atoms with Crippen LogP contribution in [0.15, 0.2) is 30.3 Å². The number of rotatable bonds is 4. The van der Waals surface area contributed by atoms with E-state index in [0.717, 1.165) is 6.42 Å². The van der Waals surface area contributed by atoms with Gasteiger partial charge in [0.2, 0.25) is 11.8 Å². The third-order valence-electron chi connectivity index (χ3n) is 3.24. The molecule has 1 aliphatic rings. The van der Waals surface area contributed by atoms with Gasteiger partial charge in [0.1, 0.15) is 0 Å². The fourth-order valence-corrected chi connectivity index (χ4v) is 2.30. The Kier molecular flexibility index (Phi) is 3.77. The van der Waals surface area contributed by atoms with Crippen molar-refractivity contribution >= 4 is 17.5 Å². The van der Waals surface area contributed by atoms with E-state index < -0.39 is 12.0 Å². The van der Waals surface area contributed by atoms with Crippen LogP contribution in [-0.4, -0.2) is 23.0 Å². The Morgan fingerprint density at radius 2 is 2.00 bits per heavy atom. The van der Waals surface area contributed by atoms with Gasteiger partial charge in [0.25, 0.3) is 0 Å². The van der Waals surface area contributed by atoms with Gasteiger partial charge in [-0.05, 0) is 18.6 Å². The fraction of sp³-hybridized carbons (Fsp3) is 0.429. The lowest BCUT2D eigenvalue weighted by atomic mass is 9.97. The predicted octanol–water partition coefficient (Wildman–Crippen LogP) is 1.73. The van der Waals surface area contributed by atoms with Crippen molar-refractivity contribution < 1.29 is 14.7 Å². The SMILES string of the molecule is CCC[C@H](O)[C@@H]1CC(=O)N(c2ccccc2)C1=O. The van der Waals surface area contributed by atoms with Crippen molar-refractivity contribution in [2.75, 3.05) is 4.90 Å². The van der Waals surface area contributed by atoms with Gasteiger partial charge in [-0.15, -0.1) is 0 Å². The van der Waals surface area contributed by atoms with Crippen LogP contribution in [0.3, 0.4) is 0 Å². The summed E-state index contributed by atoms with van der Waals surface area (Å²) in [7, 11) is 0. The van der Waals surface area contributed by atoms with Gasteiger partial charge in [-0.1, -0.05) is 31.5 Å². The number of anilines is 1. The van der Waals surface area contributed by atoms with Crippen LogP contribution in [-0.2, 0) is 9.59 Å². The molecule has 0 saturated carbocycles. The van der Waals surface area contributed by atoms with E-state index in [9.17, 15) is 14.7 Å². The Bertz CT molecular complexity index is 444. The first kappa shape index (κ1) is 12.8. The van der Waals surface area contributed by atoms with Crippen molar-refractivity contribution in [1.82, 2.24) is 0 Å². The summed E-state index contributed by atoms with van der Waals surface area (Å²) < 4.78 is 0. The van der Waals surface area contributed by atoms with E-state index in [1.165, 1.54) is 4.90 Å². The smallest absolute Gasteiger partial charge is 0.240 e. The van der Waals surface area contributed by atoms with Crippen LogP contribution in [0.2, 0.25) is 0 Å². The van der Waals surface area contributed by atoms with Gasteiger partial charge < -0.3 is 5.11 Å². The molecule has 18 heavy (non-hydrogen) atoms. The maximum Gasteiger partial charge on any atom is 0.240 e. The number of carbonyl (C=O) groups excluding carboxylic acids is 2. The molecule has 0 radical (unpaired) electrons. The largest absolute Gasteiger partial charge is 0.392 e. The number of carbonyl (C=O) groups is 2. The number of hydrogen-bond donors (Lipinski definition) is 1. The summed E-state index contributed by atoms with van der Waals surface area (Å²) in [4.78, 5) is 25.3. The number of aliphatic hydroxyl groups is 1. The van der Waals surface area contributed by atoms with Crippen molar-refractivity contribution in [3.8, 4) is 0 Å². The highest BCUT2D eigenvalue weighted by Crippen LogP contribution is 2.29. The van der Waals surface area contributed by atoms with E-state index in [1.54, 1.807) is 24.3 Å². The molecular weight excluding hydrogens is 230 g/mol. The van der Waals surface area contributed by atoms with E-state index in [0.29, 0.717) is 12.1 Å². The van der Waals surface area contributed by atoms with Crippen molar-refractivity contribution in [1.29, 1.82) is 0 Å². The van der Waals surface area contributed by atoms with Crippen LogP contribution >= 0.6 is 0 Å². The Morgan fingerprint density at radius 1 is 1.33 bits per heavy atom. The van der Waals surface area contributed by atoms with Gasteiger partial charge in [-0.3, -0.25) is 14.5 Å². The van der Waals surface area contributed by atoms with E-state index in [2.05, 4.69) is 0 Å². The van der Waals surface area contributed by atoms with E-state index >= 15 is 0 Å². The molecule has 4 heteroatoms. The Morgan fingerprint density at radius 3 is 2.61 bits per heavy atom. The fourth-order valence-electron chi connectivity index (χ4n) is 2.30. The number of hydrogen-bond acceptors (Lipinski definition) is 3. The molecule has 0 bridgehead atoms. The molecule has 1 saturated heterocycles. The maximum atomic E-state index is 12.2. The van der Waals surface area contributed by atoms with Gasteiger partial charge in [-0.2, -0.15) is 0 Å². The van der Waals surface area contributed by atoms with Crippen molar-refractivity contribution in [3.05, 3.63) is 30.3 Å².